The quantitative estimate of drug-likeness (QED) is 0.672. The van der Waals surface area contributed by atoms with Crippen molar-refractivity contribution in [3.05, 3.63) is 16.6 Å². The molecule has 0 spiro atoms. The van der Waals surface area contributed by atoms with E-state index in [4.69, 9.17) is 9.47 Å². The number of nitrogens with zero attached hydrogens (tertiary/aromatic N) is 1. The Hall–Kier alpha value is -1.02. The van der Waals surface area contributed by atoms with Crippen LogP contribution in [0.2, 0.25) is 0 Å². The first-order valence-electron chi connectivity index (χ1n) is 10.4. The molecule has 1 saturated carbocycles. The number of hydrogen-bond acceptors (Lipinski definition) is 6. The lowest BCUT2D eigenvalue weighted by atomic mass is 9.82. The number of amides is 1. The Kier molecular flexibility index (Phi) is 8.51. The maximum absolute atomic E-state index is 12.7. The van der Waals surface area contributed by atoms with Crippen molar-refractivity contribution in [2.75, 3.05) is 26.4 Å². The van der Waals surface area contributed by atoms with Crippen LogP contribution >= 0.6 is 11.3 Å². The van der Waals surface area contributed by atoms with Crippen LogP contribution in [0.15, 0.2) is 11.6 Å². The zero-order valence-corrected chi connectivity index (χ0v) is 17.1. The Balaban J connectivity index is 1.49. The molecule has 0 unspecified atom stereocenters. The zero-order chi connectivity index (χ0) is 18.9. The van der Waals surface area contributed by atoms with E-state index in [1.807, 2.05) is 11.6 Å². The topological polar surface area (TPSA) is 72.5 Å². The van der Waals surface area contributed by atoms with Crippen LogP contribution in [0.3, 0.4) is 0 Å². The van der Waals surface area contributed by atoms with Gasteiger partial charge in [0.15, 0.2) is 0 Å². The fraction of sp³-hybridized carbons (Fsp3) is 0.800. The molecule has 6 nitrogen and oxygen atoms in total. The number of nitrogens with one attached hydrogen (secondary N) is 2. The van der Waals surface area contributed by atoms with Gasteiger partial charge in [-0.15, -0.1) is 11.3 Å². The summed E-state index contributed by atoms with van der Waals surface area (Å²) in [6.45, 7) is 5.25. The molecule has 27 heavy (non-hydrogen) atoms. The number of carbonyl (C=O) groups is 1. The molecule has 7 heteroatoms. The van der Waals surface area contributed by atoms with E-state index in [9.17, 15) is 4.79 Å². The number of ether oxygens (including phenoxy) is 2. The van der Waals surface area contributed by atoms with Gasteiger partial charge < -0.3 is 20.1 Å². The minimum absolute atomic E-state index is 0.0695. The molecule has 1 saturated heterocycles. The van der Waals surface area contributed by atoms with E-state index in [1.165, 1.54) is 0 Å². The molecular formula is C20H33N3O3S. The Bertz CT molecular complexity index is 549. The third-order valence-electron chi connectivity index (χ3n) is 5.49. The molecular weight excluding hydrogens is 362 g/mol. The van der Waals surface area contributed by atoms with Crippen molar-refractivity contribution in [1.29, 1.82) is 0 Å². The Labute approximate surface area is 166 Å². The van der Waals surface area contributed by atoms with E-state index in [0.29, 0.717) is 12.6 Å². The van der Waals surface area contributed by atoms with Gasteiger partial charge in [0, 0.05) is 62.4 Å². The molecule has 2 aliphatic rings. The van der Waals surface area contributed by atoms with Crippen molar-refractivity contribution in [2.45, 2.75) is 70.1 Å². The molecule has 1 aromatic rings. The van der Waals surface area contributed by atoms with Gasteiger partial charge in [0.25, 0.3) is 0 Å². The fourth-order valence-corrected chi connectivity index (χ4v) is 4.63. The molecule has 1 amide bonds. The summed E-state index contributed by atoms with van der Waals surface area (Å²) in [4.78, 5) is 16.9. The summed E-state index contributed by atoms with van der Waals surface area (Å²) in [6, 6.07) is 0.728. The first-order chi connectivity index (χ1) is 13.3. The lowest BCUT2D eigenvalue weighted by molar-refractivity contribution is -0.127. The average molecular weight is 396 g/mol. The number of thiazole rings is 1. The van der Waals surface area contributed by atoms with Crippen molar-refractivity contribution >= 4 is 17.2 Å². The lowest BCUT2D eigenvalue weighted by Crippen LogP contribution is -2.52. The molecule has 2 N–H and O–H groups in total. The molecule has 0 radical (unpaired) electrons. The summed E-state index contributed by atoms with van der Waals surface area (Å²) in [5.74, 6) is 0.249. The molecule has 3 rings (SSSR count). The third kappa shape index (κ3) is 6.52. The molecule has 2 fully saturated rings. The molecule has 1 aliphatic carbocycles. The van der Waals surface area contributed by atoms with Gasteiger partial charge >= 0.3 is 0 Å². The van der Waals surface area contributed by atoms with Gasteiger partial charge in [0.1, 0.15) is 0 Å². The van der Waals surface area contributed by atoms with Gasteiger partial charge in [0.05, 0.1) is 11.1 Å². The van der Waals surface area contributed by atoms with Gasteiger partial charge in [-0.05, 0) is 38.5 Å². The highest BCUT2D eigenvalue weighted by Crippen LogP contribution is 2.28. The second-order valence-electron chi connectivity index (χ2n) is 7.55. The van der Waals surface area contributed by atoms with Crippen LogP contribution < -0.4 is 10.6 Å². The average Bonchev–Trinajstić information content (AvgIpc) is 3.21. The van der Waals surface area contributed by atoms with Crippen LogP contribution in [0.25, 0.3) is 0 Å². The van der Waals surface area contributed by atoms with Crippen molar-refractivity contribution in [3.63, 3.8) is 0 Å². The summed E-state index contributed by atoms with van der Waals surface area (Å²) in [5.41, 5.74) is 0. The number of hydrogen-bond donors (Lipinski definition) is 2. The highest BCUT2D eigenvalue weighted by molar-refractivity contribution is 7.09. The predicted octanol–water partition coefficient (Wildman–Crippen LogP) is 2.53. The Morgan fingerprint density at radius 2 is 2.19 bits per heavy atom. The van der Waals surface area contributed by atoms with Crippen LogP contribution in [0.1, 0.15) is 50.5 Å². The summed E-state index contributed by atoms with van der Waals surface area (Å²) >= 11 is 1.64. The third-order valence-corrected chi connectivity index (χ3v) is 6.33. The van der Waals surface area contributed by atoms with Crippen LogP contribution in [0.5, 0.6) is 0 Å². The molecule has 0 aromatic carbocycles. The van der Waals surface area contributed by atoms with Crippen molar-refractivity contribution in [1.82, 2.24) is 15.6 Å². The Morgan fingerprint density at radius 3 is 2.93 bits per heavy atom. The van der Waals surface area contributed by atoms with E-state index in [2.05, 4.69) is 22.5 Å². The van der Waals surface area contributed by atoms with Crippen molar-refractivity contribution in [3.8, 4) is 0 Å². The molecule has 1 aliphatic heterocycles. The summed E-state index contributed by atoms with van der Waals surface area (Å²) in [5, 5.41) is 9.95. The second kappa shape index (κ2) is 11.1. The largest absolute Gasteiger partial charge is 0.381 e. The van der Waals surface area contributed by atoms with Crippen LogP contribution in [-0.4, -0.2) is 55.4 Å². The summed E-state index contributed by atoms with van der Waals surface area (Å²) < 4.78 is 11.6. The van der Waals surface area contributed by atoms with Gasteiger partial charge in [-0.3, -0.25) is 4.79 Å². The van der Waals surface area contributed by atoms with E-state index in [0.717, 1.165) is 69.8 Å². The highest BCUT2D eigenvalue weighted by Gasteiger charge is 2.35. The smallest absolute Gasteiger partial charge is 0.223 e. The number of rotatable bonds is 9. The van der Waals surface area contributed by atoms with Crippen LogP contribution in [-0.2, 0) is 20.7 Å². The van der Waals surface area contributed by atoms with Crippen LogP contribution in [0.4, 0.5) is 0 Å². The van der Waals surface area contributed by atoms with Gasteiger partial charge in [-0.2, -0.15) is 0 Å². The van der Waals surface area contributed by atoms with Crippen LogP contribution in [0, 0.1) is 5.92 Å². The zero-order valence-electron chi connectivity index (χ0n) is 16.3. The van der Waals surface area contributed by atoms with E-state index in [1.54, 1.807) is 11.3 Å². The molecule has 152 valence electrons. The van der Waals surface area contributed by atoms with E-state index < -0.39 is 0 Å². The Morgan fingerprint density at radius 1 is 1.33 bits per heavy atom. The molecule has 1 aromatic heterocycles. The summed E-state index contributed by atoms with van der Waals surface area (Å²) in [7, 11) is 0. The number of aromatic nitrogens is 1. The standard InChI is InChI=1S/C20H33N3O3S/c1-2-10-26-18-4-3-15(14-17(18)23-16-6-11-25-12-7-16)20(24)22-8-5-19-21-9-13-27-19/h9,13,15-18,23H,2-8,10-12,14H2,1H3,(H,22,24)/t15-,17+,18+/m0/s1. The molecule has 3 atom stereocenters. The van der Waals surface area contributed by atoms with E-state index >= 15 is 0 Å². The lowest BCUT2D eigenvalue weighted by Gasteiger charge is -2.39. The van der Waals surface area contributed by atoms with Gasteiger partial charge in [-0.25, -0.2) is 4.98 Å². The first-order valence-corrected chi connectivity index (χ1v) is 11.3. The maximum atomic E-state index is 12.7. The predicted molar refractivity (Wildman–Crippen MR) is 107 cm³/mol. The molecule has 2 heterocycles. The molecule has 0 bridgehead atoms. The van der Waals surface area contributed by atoms with E-state index in [-0.39, 0.29) is 24.0 Å². The maximum Gasteiger partial charge on any atom is 0.223 e. The minimum atomic E-state index is 0.0695. The SMILES string of the molecule is CCCO[C@@H]1CC[C@H](C(=O)NCCc2nccs2)C[C@H]1NC1CCOCC1. The summed E-state index contributed by atoms with van der Waals surface area (Å²) in [6.07, 6.45) is 8.66. The minimum Gasteiger partial charge on any atom is -0.381 e. The number of carbonyl (C=O) groups excluding carboxylic acids is 1. The van der Waals surface area contributed by atoms with Gasteiger partial charge in [-0.1, -0.05) is 6.92 Å². The first kappa shape index (κ1) is 20.7. The van der Waals surface area contributed by atoms with Gasteiger partial charge in [0.2, 0.25) is 5.91 Å². The van der Waals surface area contributed by atoms with Crippen molar-refractivity contribution in [2.24, 2.45) is 5.92 Å². The van der Waals surface area contributed by atoms with Crippen molar-refractivity contribution < 1.29 is 14.3 Å². The monoisotopic (exact) mass is 395 g/mol. The fourth-order valence-electron chi connectivity index (χ4n) is 4.01. The second-order valence-corrected chi connectivity index (χ2v) is 8.53. The highest BCUT2D eigenvalue weighted by atomic mass is 32.1. The normalized spacial score (nSPS) is 26.8.